The standard InChI is InChI=1S/5BF4/c5*2-1(3,4)5/q5*-1. The molecule has 0 rings (SSSR count). The zero-order valence-corrected chi connectivity index (χ0v) is 10.4. The zero-order valence-electron chi connectivity index (χ0n) is 10.4. The van der Waals surface area contributed by atoms with E-state index in [1.807, 2.05) is 0 Å². The molecule has 0 aliphatic rings. The molecule has 160 valence electrons. The molecule has 0 saturated heterocycles. The Hall–Kier alpha value is -1.08. The van der Waals surface area contributed by atoms with E-state index >= 15 is 0 Å². The molecule has 0 unspecified atom stereocenters. The fourth-order valence-corrected chi connectivity index (χ4v) is 0. The van der Waals surface area contributed by atoms with Crippen LogP contribution in [0.1, 0.15) is 0 Å². The molecule has 0 bridgehead atoms. The van der Waals surface area contributed by atoms with E-state index in [0.29, 0.717) is 0 Å². The van der Waals surface area contributed by atoms with Gasteiger partial charge in [-0.1, -0.05) is 0 Å². The van der Waals surface area contributed by atoms with Gasteiger partial charge in [0.2, 0.25) is 0 Å². The smallest absolute Gasteiger partial charge is 0.418 e. The number of rotatable bonds is 0. The maximum absolute atomic E-state index is 9.75. The quantitative estimate of drug-likeness (QED) is 0.302. The monoisotopic (exact) mass is 435 g/mol. The molecule has 0 radical (unpaired) electrons. The van der Waals surface area contributed by atoms with E-state index in [1.54, 1.807) is 0 Å². The third kappa shape index (κ3) is 8680. The van der Waals surface area contributed by atoms with Gasteiger partial charge in [0, 0.05) is 0 Å². The molecule has 0 aliphatic carbocycles. The van der Waals surface area contributed by atoms with Crippen molar-refractivity contribution >= 4 is 36.3 Å². The van der Waals surface area contributed by atoms with Crippen LogP contribution in [0, 0.1) is 0 Å². The Morgan fingerprint density at radius 2 is 0.160 bits per heavy atom. The molecular formula is B5F20-5. The SMILES string of the molecule is F[B-](F)(F)F.F[B-](F)(F)F.F[B-](F)(F)F.F[B-](F)(F)F.F[B-](F)(F)F. The highest BCUT2D eigenvalue weighted by Crippen LogP contribution is 2.08. The van der Waals surface area contributed by atoms with Crippen LogP contribution in [-0.2, 0) is 0 Å². The molecule has 0 fully saturated rings. The molecule has 0 N–H and O–H groups in total. The predicted octanol–water partition coefficient (Wildman–Crippen LogP) is 6.50. The average molecular weight is 434 g/mol. The summed E-state index contributed by atoms with van der Waals surface area (Å²) < 4.78 is 195. The second kappa shape index (κ2) is 13.2. The van der Waals surface area contributed by atoms with E-state index in [0.717, 1.165) is 0 Å². The summed E-state index contributed by atoms with van der Waals surface area (Å²) in [5.74, 6) is 0. The lowest BCUT2D eigenvalue weighted by atomic mass is 10.3. The van der Waals surface area contributed by atoms with Crippen LogP contribution >= 0.6 is 0 Å². The van der Waals surface area contributed by atoms with Crippen LogP contribution in [0.3, 0.4) is 0 Å². The minimum absolute atomic E-state index is 6.00. The van der Waals surface area contributed by atoms with E-state index in [4.69, 9.17) is 0 Å². The van der Waals surface area contributed by atoms with Crippen LogP contribution in [0.5, 0.6) is 0 Å². The van der Waals surface area contributed by atoms with E-state index in [9.17, 15) is 86.3 Å². The first-order valence-corrected chi connectivity index (χ1v) is 4.36. The average Bonchev–Trinajstić information content (AvgIpc) is 1.79. The number of hydrogen-bond donors (Lipinski definition) is 0. The summed E-state index contributed by atoms with van der Waals surface area (Å²) in [6.45, 7) is 0. The van der Waals surface area contributed by atoms with Crippen LogP contribution in [-0.4, -0.2) is 36.3 Å². The van der Waals surface area contributed by atoms with Gasteiger partial charge in [-0.25, -0.2) is 0 Å². The van der Waals surface area contributed by atoms with Gasteiger partial charge in [-0.2, -0.15) is 0 Å². The highest BCUT2D eigenvalue weighted by atomic mass is 19.5. The Kier molecular flexibility index (Phi) is 18.5. The number of halogens is 20. The molecule has 0 aliphatic heterocycles. The summed E-state index contributed by atoms with van der Waals surface area (Å²) in [6, 6.07) is 0. The van der Waals surface area contributed by atoms with Gasteiger partial charge in [0.1, 0.15) is 0 Å². The van der Waals surface area contributed by atoms with Crippen LogP contribution < -0.4 is 0 Å². The predicted molar refractivity (Wildman–Crippen MR) is 50.9 cm³/mol. The minimum atomic E-state index is -6.00. The molecule has 0 saturated carbocycles. The van der Waals surface area contributed by atoms with Gasteiger partial charge >= 0.3 is 36.3 Å². The lowest BCUT2D eigenvalue weighted by Gasteiger charge is -1.94. The zero-order chi connectivity index (χ0) is 22.5. The van der Waals surface area contributed by atoms with Crippen LogP contribution in [0.15, 0.2) is 0 Å². The third-order valence-corrected chi connectivity index (χ3v) is 0. The van der Waals surface area contributed by atoms with Crippen molar-refractivity contribution in [2.75, 3.05) is 0 Å². The van der Waals surface area contributed by atoms with Crippen LogP contribution in [0.25, 0.3) is 0 Å². The van der Waals surface area contributed by atoms with Crippen molar-refractivity contribution in [3.05, 3.63) is 0 Å². The Balaban J connectivity index is -0.0000000667. The fraction of sp³-hybridized carbons (Fsp3) is 0. The molecular weight excluding hydrogens is 434 g/mol. The maximum Gasteiger partial charge on any atom is 0.673 e. The van der Waals surface area contributed by atoms with Gasteiger partial charge in [-0.3, -0.25) is 0 Å². The molecule has 0 nitrogen and oxygen atoms in total. The van der Waals surface area contributed by atoms with E-state index in [2.05, 4.69) is 0 Å². The summed E-state index contributed by atoms with van der Waals surface area (Å²) in [5.41, 5.74) is 0. The normalized spacial score (nSPS) is 12.0. The molecule has 25 heteroatoms. The Morgan fingerprint density at radius 3 is 0.160 bits per heavy atom. The molecule has 0 spiro atoms. The van der Waals surface area contributed by atoms with Crippen molar-refractivity contribution in [2.24, 2.45) is 0 Å². The molecule has 0 atom stereocenters. The summed E-state index contributed by atoms with van der Waals surface area (Å²) in [6.07, 6.45) is 0. The first-order chi connectivity index (χ1) is 10.0. The van der Waals surface area contributed by atoms with Crippen molar-refractivity contribution < 1.29 is 86.3 Å². The van der Waals surface area contributed by atoms with Gasteiger partial charge in [-0.05, 0) is 0 Å². The molecule has 0 heterocycles. The highest BCUT2D eigenvalue weighted by Gasteiger charge is 2.22. The molecule has 0 amide bonds. The molecule has 25 heavy (non-hydrogen) atoms. The van der Waals surface area contributed by atoms with Crippen molar-refractivity contribution in [1.29, 1.82) is 0 Å². The fourth-order valence-electron chi connectivity index (χ4n) is 0. The summed E-state index contributed by atoms with van der Waals surface area (Å²) >= 11 is 0. The summed E-state index contributed by atoms with van der Waals surface area (Å²) in [4.78, 5) is 0. The van der Waals surface area contributed by atoms with E-state index < -0.39 is 36.3 Å². The highest BCUT2D eigenvalue weighted by molar-refractivity contribution is 6.51. The van der Waals surface area contributed by atoms with Crippen molar-refractivity contribution in [3.8, 4) is 0 Å². The Labute approximate surface area is 124 Å². The Morgan fingerprint density at radius 1 is 0.160 bits per heavy atom. The van der Waals surface area contributed by atoms with E-state index in [1.165, 1.54) is 0 Å². The largest absolute Gasteiger partial charge is 0.673 e. The topological polar surface area (TPSA) is 0 Å². The van der Waals surface area contributed by atoms with Gasteiger partial charge in [0.15, 0.2) is 0 Å². The lowest BCUT2D eigenvalue weighted by molar-refractivity contribution is 0.366. The van der Waals surface area contributed by atoms with Crippen molar-refractivity contribution in [3.63, 3.8) is 0 Å². The second-order valence-electron chi connectivity index (χ2n) is 2.47. The minimum Gasteiger partial charge on any atom is -0.418 e. The molecule has 0 aromatic heterocycles. The molecule has 0 aromatic rings. The number of hydrogen-bond acceptors (Lipinski definition) is 0. The Bertz CT molecular complexity index is 165. The second-order valence-corrected chi connectivity index (χ2v) is 2.47. The van der Waals surface area contributed by atoms with Crippen molar-refractivity contribution in [2.45, 2.75) is 0 Å². The van der Waals surface area contributed by atoms with Gasteiger partial charge in [0.05, 0.1) is 0 Å². The van der Waals surface area contributed by atoms with Crippen LogP contribution in [0.4, 0.5) is 86.3 Å². The van der Waals surface area contributed by atoms with E-state index in [-0.39, 0.29) is 0 Å². The summed E-state index contributed by atoms with van der Waals surface area (Å²) in [7, 11) is -30.0. The van der Waals surface area contributed by atoms with Gasteiger partial charge in [0.25, 0.3) is 0 Å². The van der Waals surface area contributed by atoms with Gasteiger partial charge < -0.3 is 86.3 Å². The molecule has 0 aromatic carbocycles. The first-order valence-electron chi connectivity index (χ1n) is 4.36. The first kappa shape index (κ1) is 35.1. The lowest BCUT2D eigenvalue weighted by Crippen LogP contribution is -2.02. The summed E-state index contributed by atoms with van der Waals surface area (Å²) in [5, 5.41) is 0. The van der Waals surface area contributed by atoms with Gasteiger partial charge in [-0.15, -0.1) is 0 Å². The van der Waals surface area contributed by atoms with Crippen LogP contribution in [0.2, 0.25) is 0 Å². The maximum atomic E-state index is 9.75. The van der Waals surface area contributed by atoms with Crippen molar-refractivity contribution in [1.82, 2.24) is 0 Å². The third-order valence-electron chi connectivity index (χ3n) is 0.